The molecule has 0 radical (unpaired) electrons. The third-order valence-electron chi connectivity index (χ3n) is 4.96. The van der Waals surface area contributed by atoms with Gasteiger partial charge in [-0.1, -0.05) is 0 Å². The van der Waals surface area contributed by atoms with Crippen molar-refractivity contribution in [3.05, 3.63) is 24.2 Å². The van der Waals surface area contributed by atoms with Gasteiger partial charge in [-0.15, -0.1) is 0 Å². The van der Waals surface area contributed by atoms with E-state index in [-0.39, 0.29) is 5.92 Å². The van der Waals surface area contributed by atoms with E-state index in [1.54, 1.807) is 6.20 Å². The molecular weight excluding hydrogens is 322 g/mol. The Bertz CT molecular complexity index is 732. The lowest BCUT2D eigenvalue weighted by atomic mass is 9.95. The van der Waals surface area contributed by atoms with Gasteiger partial charge in [-0.05, 0) is 25.8 Å². The number of hydrogen-bond donors (Lipinski definition) is 0. The first-order valence-electron chi connectivity index (χ1n) is 8.65. The van der Waals surface area contributed by atoms with Gasteiger partial charge < -0.3 is 9.80 Å². The van der Waals surface area contributed by atoms with Crippen LogP contribution in [0.3, 0.4) is 0 Å². The maximum absolute atomic E-state index is 12.7. The van der Waals surface area contributed by atoms with Crippen molar-refractivity contribution in [1.82, 2.24) is 19.5 Å². The van der Waals surface area contributed by atoms with E-state index in [1.807, 2.05) is 29.4 Å². The fourth-order valence-corrected chi connectivity index (χ4v) is 4.56. The van der Waals surface area contributed by atoms with Crippen LogP contribution in [-0.2, 0) is 4.79 Å². The molecule has 1 amide bonds. The first-order chi connectivity index (χ1) is 11.7. The van der Waals surface area contributed by atoms with Crippen molar-refractivity contribution in [2.45, 2.75) is 19.8 Å². The second kappa shape index (κ2) is 6.63. The van der Waals surface area contributed by atoms with Crippen molar-refractivity contribution in [2.75, 3.05) is 42.6 Å². The van der Waals surface area contributed by atoms with Crippen LogP contribution < -0.4 is 4.90 Å². The van der Waals surface area contributed by atoms with E-state index < -0.39 is 0 Å². The summed E-state index contributed by atoms with van der Waals surface area (Å²) in [4.78, 5) is 21.6. The van der Waals surface area contributed by atoms with Crippen LogP contribution in [0.5, 0.6) is 0 Å². The number of nitrogens with zero attached hydrogens (tertiary/aromatic N) is 5. The molecule has 0 bridgehead atoms. The molecule has 2 aromatic rings. The summed E-state index contributed by atoms with van der Waals surface area (Å²) in [6.07, 6.45) is 5.52. The van der Waals surface area contributed by atoms with E-state index in [9.17, 15) is 4.79 Å². The third kappa shape index (κ3) is 2.97. The molecule has 2 aliphatic rings. The van der Waals surface area contributed by atoms with E-state index in [4.69, 9.17) is 0 Å². The third-order valence-corrected chi connectivity index (χ3v) is 5.90. The lowest BCUT2D eigenvalue weighted by Gasteiger charge is -2.36. The van der Waals surface area contributed by atoms with E-state index in [0.29, 0.717) is 5.91 Å². The van der Waals surface area contributed by atoms with Gasteiger partial charge in [0.25, 0.3) is 0 Å². The Hall–Kier alpha value is -1.76. The smallest absolute Gasteiger partial charge is 0.225 e. The van der Waals surface area contributed by atoms with Crippen molar-refractivity contribution in [1.29, 1.82) is 0 Å². The number of fused-ring (bicyclic) bond motifs is 1. The first-order valence-corrected chi connectivity index (χ1v) is 9.80. The molecule has 0 saturated carbocycles. The Labute approximate surface area is 146 Å². The predicted octanol–water partition coefficient (Wildman–Crippen LogP) is 1.83. The normalized spacial score (nSPS) is 19.9. The summed E-state index contributed by atoms with van der Waals surface area (Å²) < 4.78 is 1.89. The number of thioether (sulfide) groups is 1. The van der Waals surface area contributed by atoms with E-state index in [1.165, 1.54) is 0 Å². The van der Waals surface area contributed by atoms with Gasteiger partial charge in [0.05, 0.1) is 5.69 Å². The Morgan fingerprint density at radius 2 is 1.96 bits per heavy atom. The van der Waals surface area contributed by atoms with Crippen molar-refractivity contribution < 1.29 is 4.79 Å². The van der Waals surface area contributed by atoms with Crippen molar-refractivity contribution in [3.8, 4) is 0 Å². The monoisotopic (exact) mass is 345 g/mol. The zero-order valence-electron chi connectivity index (χ0n) is 14.0. The Kier molecular flexibility index (Phi) is 4.35. The molecule has 0 aromatic carbocycles. The number of aromatic nitrogens is 3. The average molecular weight is 345 g/mol. The molecule has 0 N–H and O–H groups in total. The first kappa shape index (κ1) is 15.7. The quantitative estimate of drug-likeness (QED) is 0.831. The molecule has 24 heavy (non-hydrogen) atoms. The molecule has 4 heterocycles. The molecule has 2 aliphatic heterocycles. The Morgan fingerprint density at radius 1 is 1.21 bits per heavy atom. The number of hydrogen-bond acceptors (Lipinski definition) is 5. The minimum atomic E-state index is 0.177. The van der Waals surface area contributed by atoms with E-state index >= 15 is 0 Å². The van der Waals surface area contributed by atoms with Gasteiger partial charge in [0, 0.05) is 56.0 Å². The molecule has 0 spiro atoms. The lowest BCUT2D eigenvalue weighted by molar-refractivity contribution is -0.135. The standard InChI is InChI=1S/C17H23N5OS/c1-13-12-15-16(18-4-7-22(15)19-13)20-5-2-14(3-6-20)17(23)21-8-10-24-11-9-21/h4,7,12,14H,2-3,5-6,8-11H2,1H3. The van der Waals surface area contributed by atoms with Crippen molar-refractivity contribution >= 4 is 29.0 Å². The zero-order valence-corrected chi connectivity index (χ0v) is 14.8. The summed E-state index contributed by atoms with van der Waals surface area (Å²) in [5.74, 6) is 3.68. The highest BCUT2D eigenvalue weighted by Gasteiger charge is 2.30. The number of aryl methyl sites for hydroxylation is 1. The number of amides is 1. The molecule has 0 aliphatic carbocycles. The number of rotatable bonds is 2. The van der Waals surface area contributed by atoms with Crippen molar-refractivity contribution in [3.63, 3.8) is 0 Å². The fraction of sp³-hybridized carbons (Fsp3) is 0.588. The highest BCUT2D eigenvalue weighted by molar-refractivity contribution is 7.99. The summed E-state index contributed by atoms with van der Waals surface area (Å²) in [5.41, 5.74) is 2.05. The van der Waals surface area contributed by atoms with Crippen LogP contribution in [-0.4, -0.2) is 63.1 Å². The maximum Gasteiger partial charge on any atom is 0.225 e. The molecule has 2 aromatic heterocycles. The van der Waals surface area contributed by atoms with Gasteiger partial charge >= 0.3 is 0 Å². The van der Waals surface area contributed by atoms with Crippen LogP contribution in [0.1, 0.15) is 18.5 Å². The minimum Gasteiger partial charge on any atom is -0.355 e. The molecule has 2 fully saturated rings. The molecule has 6 nitrogen and oxygen atoms in total. The van der Waals surface area contributed by atoms with Crippen LogP contribution in [0.15, 0.2) is 18.5 Å². The van der Waals surface area contributed by atoms with Gasteiger partial charge in [0.1, 0.15) is 5.52 Å². The predicted molar refractivity (Wildman–Crippen MR) is 96.6 cm³/mol. The number of piperidine rings is 1. The molecule has 7 heteroatoms. The summed E-state index contributed by atoms with van der Waals surface area (Å²) in [7, 11) is 0. The summed E-state index contributed by atoms with van der Waals surface area (Å²) in [6.45, 7) is 5.60. The Balaban J connectivity index is 1.44. The summed E-state index contributed by atoms with van der Waals surface area (Å²) in [5, 5.41) is 4.46. The van der Waals surface area contributed by atoms with Crippen LogP contribution in [0.4, 0.5) is 5.82 Å². The molecule has 128 valence electrons. The van der Waals surface area contributed by atoms with Crippen molar-refractivity contribution in [2.24, 2.45) is 5.92 Å². The number of carbonyl (C=O) groups excluding carboxylic acids is 1. The fourth-order valence-electron chi connectivity index (χ4n) is 3.65. The SMILES string of the molecule is Cc1cc2c(N3CCC(C(=O)N4CCSCC4)CC3)nccn2n1. The number of anilines is 1. The summed E-state index contributed by atoms with van der Waals surface area (Å²) >= 11 is 1.94. The molecule has 4 rings (SSSR count). The van der Waals surface area contributed by atoms with Crippen LogP contribution in [0.25, 0.3) is 5.52 Å². The number of carbonyl (C=O) groups is 1. The van der Waals surface area contributed by atoms with E-state index in [0.717, 1.165) is 67.6 Å². The lowest BCUT2D eigenvalue weighted by Crippen LogP contribution is -2.45. The van der Waals surface area contributed by atoms with E-state index in [2.05, 4.69) is 25.9 Å². The molecule has 0 unspecified atom stereocenters. The Morgan fingerprint density at radius 3 is 2.71 bits per heavy atom. The van der Waals surface area contributed by atoms with Gasteiger partial charge in [0.2, 0.25) is 5.91 Å². The topological polar surface area (TPSA) is 53.7 Å². The zero-order chi connectivity index (χ0) is 16.5. The molecule has 0 atom stereocenters. The van der Waals surface area contributed by atoms with Gasteiger partial charge in [-0.25, -0.2) is 9.50 Å². The van der Waals surface area contributed by atoms with Gasteiger partial charge in [-0.3, -0.25) is 4.79 Å². The highest BCUT2D eigenvalue weighted by atomic mass is 32.2. The van der Waals surface area contributed by atoms with Crippen LogP contribution in [0.2, 0.25) is 0 Å². The van der Waals surface area contributed by atoms with Gasteiger partial charge in [-0.2, -0.15) is 16.9 Å². The second-order valence-corrected chi connectivity index (χ2v) is 7.79. The molecular formula is C17H23N5OS. The second-order valence-electron chi connectivity index (χ2n) is 6.57. The van der Waals surface area contributed by atoms with Gasteiger partial charge in [0.15, 0.2) is 5.82 Å². The largest absolute Gasteiger partial charge is 0.355 e. The summed E-state index contributed by atoms with van der Waals surface area (Å²) in [6, 6.07) is 2.07. The van der Waals surface area contributed by atoms with Crippen LogP contribution >= 0.6 is 11.8 Å². The van der Waals surface area contributed by atoms with Crippen LogP contribution in [0, 0.1) is 12.8 Å². The highest BCUT2D eigenvalue weighted by Crippen LogP contribution is 2.27. The molecule has 2 saturated heterocycles. The maximum atomic E-state index is 12.7. The average Bonchev–Trinajstić information content (AvgIpc) is 3.02. The minimum absolute atomic E-state index is 0.177.